The number of nitrogens with zero attached hydrogens (tertiary/aromatic N) is 1. The van der Waals surface area contributed by atoms with Gasteiger partial charge in [-0.1, -0.05) is 35.9 Å². The molecular weight excluding hydrogens is 354 g/mol. The van der Waals surface area contributed by atoms with Gasteiger partial charge in [-0.3, -0.25) is 9.69 Å². The van der Waals surface area contributed by atoms with Crippen LogP contribution in [0.15, 0.2) is 41.8 Å². The second kappa shape index (κ2) is 10.0. The third-order valence-electron chi connectivity index (χ3n) is 5.42. The van der Waals surface area contributed by atoms with Gasteiger partial charge < -0.3 is 10.6 Å². The Hall–Kier alpha value is -1.69. The number of rotatable bonds is 8. The summed E-state index contributed by atoms with van der Waals surface area (Å²) < 4.78 is 0. The molecule has 4 nitrogen and oxygen atoms in total. The summed E-state index contributed by atoms with van der Waals surface area (Å²) in [5, 5.41) is 8.57. The Morgan fingerprint density at radius 2 is 1.96 bits per heavy atom. The van der Waals surface area contributed by atoms with E-state index in [2.05, 4.69) is 58.2 Å². The summed E-state index contributed by atoms with van der Waals surface area (Å²) >= 11 is 1.69. The third kappa shape index (κ3) is 5.89. The zero-order chi connectivity index (χ0) is 19.1. The van der Waals surface area contributed by atoms with Gasteiger partial charge >= 0.3 is 0 Å². The van der Waals surface area contributed by atoms with Crippen molar-refractivity contribution in [3.8, 4) is 0 Å². The molecule has 2 heterocycles. The minimum Gasteiger partial charge on any atom is -0.343 e. The SMILES string of the molecule is CNCCC1CCN(CC(=O)NC(c2ccc(C)cc2)c2cccs2)CC1. The van der Waals surface area contributed by atoms with E-state index in [1.54, 1.807) is 11.3 Å². The summed E-state index contributed by atoms with van der Waals surface area (Å²) in [6, 6.07) is 12.5. The molecule has 1 atom stereocenters. The monoisotopic (exact) mass is 385 g/mol. The minimum absolute atomic E-state index is 0.0636. The smallest absolute Gasteiger partial charge is 0.234 e. The van der Waals surface area contributed by atoms with Crippen LogP contribution in [0.2, 0.25) is 0 Å². The first-order valence-electron chi connectivity index (χ1n) is 9.92. The molecule has 1 unspecified atom stereocenters. The Morgan fingerprint density at radius 1 is 1.22 bits per heavy atom. The number of piperidine rings is 1. The van der Waals surface area contributed by atoms with E-state index in [4.69, 9.17) is 0 Å². The second-order valence-corrected chi connectivity index (χ2v) is 8.52. The molecular formula is C22H31N3OS. The summed E-state index contributed by atoms with van der Waals surface area (Å²) in [6.45, 7) is 5.71. The predicted octanol–water partition coefficient (Wildman–Crippen LogP) is 3.58. The molecule has 1 aromatic carbocycles. The first kappa shape index (κ1) is 20.1. The highest BCUT2D eigenvalue weighted by Gasteiger charge is 2.23. The lowest BCUT2D eigenvalue weighted by Crippen LogP contribution is -2.42. The summed E-state index contributed by atoms with van der Waals surface area (Å²) in [4.78, 5) is 16.2. The first-order valence-corrected chi connectivity index (χ1v) is 10.8. The van der Waals surface area contributed by atoms with Crippen LogP contribution in [0.3, 0.4) is 0 Å². The molecule has 5 heteroatoms. The van der Waals surface area contributed by atoms with Crippen LogP contribution in [0.4, 0.5) is 0 Å². The fourth-order valence-corrected chi connectivity index (χ4v) is 4.53. The zero-order valence-electron chi connectivity index (χ0n) is 16.4. The maximum atomic E-state index is 12.8. The quantitative estimate of drug-likeness (QED) is 0.730. The Kier molecular flexibility index (Phi) is 7.44. The molecule has 0 spiro atoms. The normalized spacial score (nSPS) is 17.0. The van der Waals surface area contributed by atoms with Gasteiger partial charge in [0, 0.05) is 4.88 Å². The van der Waals surface area contributed by atoms with Crippen molar-refractivity contribution >= 4 is 17.2 Å². The largest absolute Gasteiger partial charge is 0.343 e. The minimum atomic E-state index is -0.0636. The van der Waals surface area contributed by atoms with Gasteiger partial charge in [-0.15, -0.1) is 11.3 Å². The van der Waals surface area contributed by atoms with Crippen molar-refractivity contribution in [1.82, 2.24) is 15.5 Å². The van der Waals surface area contributed by atoms with Gasteiger partial charge in [0.1, 0.15) is 0 Å². The van der Waals surface area contributed by atoms with E-state index < -0.39 is 0 Å². The number of amides is 1. The van der Waals surface area contributed by atoms with Crippen molar-refractivity contribution in [3.05, 3.63) is 57.8 Å². The number of aryl methyl sites for hydroxylation is 1. The van der Waals surface area contributed by atoms with Crippen LogP contribution >= 0.6 is 11.3 Å². The molecule has 1 saturated heterocycles. The van der Waals surface area contributed by atoms with Crippen LogP contribution in [0.5, 0.6) is 0 Å². The second-order valence-electron chi connectivity index (χ2n) is 7.54. The molecule has 1 aromatic heterocycles. The van der Waals surface area contributed by atoms with E-state index in [1.165, 1.54) is 29.7 Å². The fraction of sp³-hybridized carbons (Fsp3) is 0.500. The van der Waals surface area contributed by atoms with E-state index in [0.717, 1.165) is 31.1 Å². The lowest BCUT2D eigenvalue weighted by molar-refractivity contribution is -0.123. The van der Waals surface area contributed by atoms with Crippen LogP contribution in [0.1, 0.15) is 41.3 Å². The first-order chi connectivity index (χ1) is 13.2. The van der Waals surface area contributed by atoms with Crippen LogP contribution < -0.4 is 10.6 Å². The average Bonchev–Trinajstić information content (AvgIpc) is 3.21. The highest BCUT2D eigenvalue weighted by Crippen LogP contribution is 2.26. The standard InChI is InChI=1S/C22H31N3OS/c1-17-5-7-19(8-6-17)22(20-4-3-15-27-20)24-21(26)16-25-13-10-18(11-14-25)9-12-23-2/h3-8,15,18,22-23H,9-14,16H2,1-2H3,(H,24,26). The van der Waals surface area contributed by atoms with E-state index in [1.807, 2.05) is 13.1 Å². The average molecular weight is 386 g/mol. The van der Waals surface area contributed by atoms with Crippen molar-refractivity contribution < 1.29 is 4.79 Å². The van der Waals surface area contributed by atoms with Gasteiger partial charge in [-0.25, -0.2) is 0 Å². The maximum absolute atomic E-state index is 12.8. The zero-order valence-corrected chi connectivity index (χ0v) is 17.2. The fourth-order valence-electron chi connectivity index (χ4n) is 3.72. The number of carbonyl (C=O) groups excluding carboxylic acids is 1. The predicted molar refractivity (Wildman–Crippen MR) is 113 cm³/mol. The molecule has 1 aliphatic heterocycles. The van der Waals surface area contributed by atoms with Crippen molar-refractivity contribution in [2.75, 3.05) is 33.2 Å². The molecule has 1 fully saturated rings. The summed E-state index contributed by atoms with van der Waals surface area (Å²) in [5.41, 5.74) is 2.37. The number of likely N-dealkylation sites (tertiary alicyclic amines) is 1. The molecule has 2 N–H and O–H groups in total. The van der Waals surface area contributed by atoms with Crippen LogP contribution in [-0.4, -0.2) is 44.0 Å². The highest BCUT2D eigenvalue weighted by atomic mass is 32.1. The third-order valence-corrected chi connectivity index (χ3v) is 6.36. The molecule has 27 heavy (non-hydrogen) atoms. The van der Waals surface area contributed by atoms with Crippen molar-refractivity contribution in [1.29, 1.82) is 0 Å². The van der Waals surface area contributed by atoms with E-state index in [0.29, 0.717) is 6.54 Å². The maximum Gasteiger partial charge on any atom is 0.234 e. The number of hydrogen-bond donors (Lipinski definition) is 2. The van der Waals surface area contributed by atoms with Crippen molar-refractivity contribution in [2.24, 2.45) is 5.92 Å². The van der Waals surface area contributed by atoms with Gasteiger partial charge in [0.15, 0.2) is 0 Å². The number of hydrogen-bond acceptors (Lipinski definition) is 4. The molecule has 1 aliphatic rings. The topological polar surface area (TPSA) is 44.4 Å². The van der Waals surface area contributed by atoms with Crippen LogP contribution in [0.25, 0.3) is 0 Å². The van der Waals surface area contributed by atoms with Gasteiger partial charge in [0.25, 0.3) is 0 Å². The molecule has 0 radical (unpaired) electrons. The van der Waals surface area contributed by atoms with E-state index >= 15 is 0 Å². The van der Waals surface area contributed by atoms with Gasteiger partial charge in [-0.2, -0.15) is 0 Å². The Labute approximate surface area is 167 Å². The molecule has 146 valence electrons. The molecule has 0 bridgehead atoms. The number of nitrogens with one attached hydrogen (secondary N) is 2. The number of carbonyl (C=O) groups is 1. The number of thiophene rings is 1. The molecule has 2 aromatic rings. The van der Waals surface area contributed by atoms with Gasteiger partial charge in [-0.05, 0) is 75.8 Å². The van der Waals surface area contributed by atoms with Crippen LogP contribution in [0, 0.1) is 12.8 Å². The van der Waals surface area contributed by atoms with Crippen molar-refractivity contribution in [3.63, 3.8) is 0 Å². The summed E-state index contributed by atoms with van der Waals surface area (Å²) in [7, 11) is 2.01. The van der Waals surface area contributed by atoms with E-state index in [-0.39, 0.29) is 11.9 Å². The summed E-state index contributed by atoms with van der Waals surface area (Å²) in [6.07, 6.45) is 3.63. The molecule has 0 aliphatic carbocycles. The van der Waals surface area contributed by atoms with E-state index in [9.17, 15) is 4.79 Å². The Balaban J connectivity index is 1.56. The summed E-state index contributed by atoms with van der Waals surface area (Å²) in [5.74, 6) is 0.908. The highest BCUT2D eigenvalue weighted by molar-refractivity contribution is 7.10. The molecule has 1 amide bonds. The number of benzene rings is 1. The molecule has 0 saturated carbocycles. The van der Waals surface area contributed by atoms with Crippen LogP contribution in [-0.2, 0) is 4.79 Å². The Bertz CT molecular complexity index is 691. The lowest BCUT2D eigenvalue weighted by atomic mass is 9.93. The van der Waals surface area contributed by atoms with Gasteiger partial charge in [0.05, 0.1) is 12.6 Å². The molecule has 3 rings (SSSR count). The Morgan fingerprint density at radius 3 is 2.59 bits per heavy atom. The lowest BCUT2D eigenvalue weighted by Gasteiger charge is -2.32. The van der Waals surface area contributed by atoms with Crippen molar-refractivity contribution in [2.45, 2.75) is 32.2 Å². The van der Waals surface area contributed by atoms with Gasteiger partial charge in [0.2, 0.25) is 5.91 Å².